The van der Waals surface area contributed by atoms with Crippen LogP contribution >= 0.6 is 0 Å². The van der Waals surface area contributed by atoms with Gasteiger partial charge in [-0.1, -0.05) is 32.4 Å². The Morgan fingerprint density at radius 3 is 2.50 bits per heavy atom. The van der Waals surface area contributed by atoms with Crippen molar-refractivity contribution in [2.75, 3.05) is 0 Å². The summed E-state index contributed by atoms with van der Waals surface area (Å²) < 4.78 is 28.1. The number of hydrogen-bond acceptors (Lipinski definition) is 2. The minimum absolute atomic E-state index is 0. The van der Waals surface area contributed by atoms with Gasteiger partial charge in [-0.2, -0.15) is 0 Å². The fourth-order valence-corrected chi connectivity index (χ4v) is 1.77. The minimum atomic E-state index is -0.701. The standard InChI is InChI=1S/C14H16F2N3.Ir/c1-14(2,3)8-12-17-13(18-19(12)4)10-6-5-9(15)7-11(10)16;/h5,7H,8H2,1-4H3;/q-1;. The van der Waals surface area contributed by atoms with Gasteiger partial charge in [0.05, 0.1) is 5.82 Å². The SMILES string of the molecule is Cn1nc(-c2[c-]cc(F)cc2F)nc1CC(C)(C)C.[Ir]. The molecule has 0 atom stereocenters. The number of halogens is 2. The van der Waals surface area contributed by atoms with Crippen LogP contribution in [0, 0.1) is 23.1 Å². The van der Waals surface area contributed by atoms with E-state index in [9.17, 15) is 8.78 Å². The van der Waals surface area contributed by atoms with Crippen LogP contribution in [0.3, 0.4) is 0 Å². The summed E-state index contributed by atoms with van der Waals surface area (Å²) in [6.07, 6.45) is 0.722. The maximum absolute atomic E-state index is 13.7. The second-order valence-electron chi connectivity index (χ2n) is 5.75. The molecule has 0 saturated carbocycles. The molecule has 0 N–H and O–H groups in total. The Kier molecular flexibility index (Phi) is 5.16. The molecular formula is C14H16F2IrN3-. The third-order valence-electron chi connectivity index (χ3n) is 2.62. The van der Waals surface area contributed by atoms with Gasteiger partial charge >= 0.3 is 0 Å². The first-order valence-corrected chi connectivity index (χ1v) is 6.03. The van der Waals surface area contributed by atoms with Gasteiger partial charge in [0.1, 0.15) is 5.82 Å². The summed E-state index contributed by atoms with van der Waals surface area (Å²) in [4.78, 5) is 4.31. The summed E-state index contributed by atoms with van der Waals surface area (Å²) in [5.41, 5.74) is 0.153. The molecule has 0 aliphatic carbocycles. The predicted molar refractivity (Wildman–Crippen MR) is 68.4 cm³/mol. The molecule has 0 bridgehead atoms. The molecule has 1 heterocycles. The third kappa shape index (κ3) is 3.93. The van der Waals surface area contributed by atoms with Crippen LogP contribution in [0.1, 0.15) is 26.6 Å². The van der Waals surface area contributed by atoms with Gasteiger partial charge < -0.3 is 0 Å². The molecule has 1 aromatic carbocycles. The monoisotopic (exact) mass is 457 g/mol. The van der Waals surface area contributed by atoms with Crippen molar-refractivity contribution in [3.63, 3.8) is 0 Å². The van der Waals surface area contributed by atoms with Crippen LogP contribution < -0.4 is 0 Å². The van der Waals surface area contributed by atoms with Crippen LogP contribution in [0.4, 0.5) is 8.78 Å². The Morgan fingerprint density at radius 1 is 1.30 bits per heavy atom. The number of rotatable bonds is 2. The quantitative estimate of drug-likeness (QED) is 0.651. The predicted octanol–water partition coefficient (Wildman–Crippen LogP) is 3.15. The average Bonchev–Trinajstić information content (AvgIpc) is 2.57. The zero-order valence-electron chi connectivity index (χ0n) is 11.8. The number of benzene rings is 1. The summed E-state index contributed by atoms with van der Waals surface area (Å²) in [6, 6.07) is 4.43. The zero-order valence-corrected chi connectivity index (χ0v) is 14.2. The van der Waals surface area contributed by atoms with Crippen LogP contribution in [0.2, 0.25) is 0 Å². The minimum Gasteiger partial charge on any atom is -0.265 e. The average molecular weight is 457 g/mol. The number of aromatic nitrogens is 3. The van der Waals surface area contributed by atoms with Crippen LogP contribution in [0.15, 0.2) is 12.1 Å². The van der Waals surface area contributed by atoms with E-state index in [1.165, 1.54) is 0 Å². The maximum atomic E-state index is 13.7. The molecule has 6 heteroatoms. The smallest absolute Gasteiger partial charge is 0.116 e. The third-order valence-corrected chi connectivity index (χ3v) is 2.62. The van der Waals surface area contributed by atoms with E-state index in [2.05, 4.69) is 36.9 Å². The molecule has 1 aromatic heterocycles. The first-order valence-electron chi connectivity index (χ1n) is 6.03. The molecule has 1 radical (unpaired) electrons. The normalized spacial score (nSPS) is 11.3. The summed E-state index contributed by atoms with van der Waals surface area (Å²) in [5, 5.41) is 4.17. The fraction of sp³-hybridized carbons (Fsp3) is 0.429. The Bertz CT molecular complexity index is 603. The van der Waals surface area contributed by atoms with Gasteiger partial charge in [0.2, 0.25) is 0 Å². The van der Waals surface area contributed by atoms with Gasteiger partial charge in [0.15, 0.2) is 0 Å². The summed E-state index contributed by atoms with van der Waals surface area (Å²) in [7, 11) is 1.76. The van der Waals surface area contributed by atoms with Gasteiger partial charge in [-0.3, -0.25) is 18.4 Å². The Morgan fingerprint density at radius 2 is 1.95 bits per heavy atom. The molecule has 0 spiro atoms. The maximum Gasteiger partial charge on any atom is 0.116 e. The van der Waals surface area contributed by atoms with Gasteiger partial charge in [0.25, 0.3) is 0 Å². The molecule has 0 amide bonds. The van der Waals surface area contributed by atoms with Crippen molar-refractivity contribution in [3.05, 3.63) is 35.7 Å². The van der Waals surface area contributed by atoms with E-state index in [1.54, 1.807) is 11.7 Å². The topological polar surface area (TPSA) is 30.7 Å². The molecule has 111 valence electrons. The molecule has 0 aliphatic heterocycles. The van der Waals surface area contributed by atoms with E-state index in [0.29, 0.717) is 0 Å². The van der Waals surface area contributed by atoms with Gasteiger partial charge in [-0.15, -0.1) is 12.1 Å². The molecule has 0 fully saturated rings. The van der Waals surface area contributed by atoms with Gasteiger partial charge in [-0.05, 0) is 5.41 Å². The molecule has 2 aromatic rings. The van der Waals surface area contributed by atoms with Crippen molar-refractivity contribution < 1.29 is 28.9 Å². The van der Waals surface area contributed by atoms with Crippen LogP contribution in [-0.2, 0) is 33.6 Å². The number of nitrogens with zero attached hydrogens (tertiary/aromatic N) is 3. The molecule has 3 nitrogen and oxygen atoms in total. The summed E-state index contributed by atoms with van der Waals surface area (Å²) >= 11 is 0. The molecule has 0 saturated heterocycles. The summed E-state index contributed by atoms with van der Waals surface area (Å²) in [5.74, 6) is -0.362. The number of aryl methyl sites for hydroxylation is 1. The Balaban J connectivity index is 0.00000200. The van der Waals surface area contributed by atoms with Crippen LogP contribution in [-0.4, -0.2) is 14.8 Å². The molecular weight excluding hydrogens is 440 g/mol. The van der Waals surface area contributed by atoms with E-state index >= 15 is 0 Å². The zero-order chi connectivity index (χ0) is 14.2. The first kappa shape index (κ1) is 16.9. The second kappa shape index (κ2) is 6.10. The van der Waals surface area contributed by atoms with Crippen molar-refractivity contribution in [2.24, 2.45) is 12.5 Å². The second-order valence-corrected chi connectivity index (χ2v) is 5.75. The fourth-order valence-electron chi connectivity index (χ4n) is 1.77. The Labute approximate surface area is 130 Å². The summed E-state index contributed by atoms with van der Waals surface area (Å²) in [6.45, 7) is 6.27. The van der Waals surface area contributed by atoms with Crippen molar-refractivity contribution in [1.29, 1.82) is 0 Å². The van der Waals surface area contributed by atoms with Crippen molar-refractivity contribution >= 4 is 0 Å². The van der Waals surface area contributed by atoms with Crippen LogP contribution in [0.5, 0.6) is 0 Å². The van der Waals surface area contributed by atoms with E-state index in [4.69, 9.17) is 0 Å². The largest absolute Gasteiger partial charge is 0.265 e. The van der Waals surface area contributed by atoms with Crippen molar-refractivity contribution in [2.45, 2.75) is 27.2 Å². The Hall–Kier alpha value is -1.13. The van der Waals surface area contributed by atoms with E-state index in [-0.39, 0.29) is 36.9 Å². The molecule has 0 unspecified atom stereocenters. The van der Waals surface area contributed by atoms with Crippen LogP contribution in [0.25, 0.3) is 11.4 Å². The van der Waals surface area contributed by atoms with Gasteiger partial charge in [-0.25, -0.2) is 5.10 Å². The molecule has 0 aliphatic rings. The first-order chi connectivity index (χ1) is 8.76. The molecule has 2 rings (SSSR count). The van der Waals surface area contributed by atoms with Crippen molar-refractivity contribution in [3.8, 4) is 11.4 Å². The van der Waals surface area contributed by atoms with Gasteiger partial charge in [0, 0.05) is 45.2 Å². The number of hydrogen-bond donors (Lipinski definition) is 0. The van der Waals surface area contributed by atoms with Crippen molar-refractivity contribution in [1.82, 2.24) is 14.8 Å². The van der Waals surface area contributed by atoms with E-state index in [0.717, 1.165) is 24.4 Å². The van der Waals surface area contributed by atoms with E-state index in [1.807, 2.05) is 0 Å². The molecule has 20 heavy (non-hydrogen) atoms. The van der Waals surface area contributed by atoms with E-state index < -0.39 is 11.6 Å².